The predicted molar refractivity (Wildman–Crippen MR) is 79.2 cm³/mol. The first kappa shape index (κ1) is 19.9. The van der Waals surface area contributed by atoms with E-state index in [0.29, 0.717) is 25.9 Å². The van der Waals surface area contributed by atoms with E-state index >= 15 is 0 Å². The van der Waals surface area contributed by atoms with Gasteiger partial charge in [-0.1, -0.05) is 0 Å². The summed E-state index contributed by atoms with van der Waals surface area (Å²) in [6.07, 6.45) is -0.657. The molecule has 0 spiro atoms. The zero-order valence-corrected chi connectivity index (χ0v) is 15.1. The summed E-state index contributed by atoms with van der Waals surface area (Å²) in [5.41, 5.74) is 0. The van der Waals surface area contributed by atoms with Crippen molar-refractivity contribution in [3.05, 3.63) is 0 Å². The summed E-state index contributed by atoms with van der Waals surface area (Å²) in [6.45, 7) is 4.31. The van der Waals surface area contributed by atoms with Gasteiger partial charge in [0, 0.05) is 47.7 Å². The average molecular weight is 340 g/mol. The quantitative estimate of drug-likeness (QED) is 0.200. The Morgan fingerprint density at radius 2 is 1.77 bits per heavy atom. The van der Waals surface area contributed by atoms with Crippen molar-refractivity contribution in [2.24, 2.45) is 0 Å². The largest absolute Gasteiger partial charge is 0.506 e. The minimum absolute atomic E-state index is 0.260. The van der Waals surface area contributed by atoms with E-state index in [-0.39, 0.29) is 6.10 Å². The van der Waals surface area contributed by atoms with Gasteiger partial charge in [0.15, 0.2) is 0 Å². The highest BCUT2D eigenvalue weighted by atomic mass is 28.4. The lowest BCUT2D eigenvalue weighted by atomic mass is 10.5. The third-order valence-corrected chi connectivity index (χ3v) is 6.06. The van der Waals surface area contributed by atoms with Crippen molar-refractivity contribution in [1.82, 2.24) is 0 Å². The van der Waals surface area contributed by atoms with Crippen LogP contribution in [0.25, 0.3) is 0 Å². The molecule has 1 heterocycles. The molecule has 0 bridgehead atoms. The van der Waals surface area contributed by atoms with Gasteiger partial charge in [0.2, 0.25) is 0 Å². The Morgan fingerprint density at radius 3 is 2.23 bits per heavy atom. The Morgan fingerprint density at radius 1 is 1.14 bits per heavy atom. The van der Waals surface area contributed by atoms with E-state index in [4.69, 9.17) is 37.0 Å². The summed E-state index contributed by atoms with van der Waals surface area (Å²) < 4.78 is 43.3. The van der Waals surface area contributed by atoms with Gasteiger partial charge in [-0.3, -0.25) is 4.43 Å². The zero-order chi connectivity index (χ0) is 16.5. The van der Waals surface area contributed by atoms with Crippen LogP contribution in [0.15, 0.2) is 0 Å². The van der Waals surface area contributed by atoms with Crippen molar-refractivity contribution in [2.45, 2.75) is 31.7 Å². The highest BCUT2D eigenvalue weighted by Crippen LogP contribution is 2.26. The third-order valence-electron chi connectivity index (χ3n) is 3.18. The van der Waals surface area contributed by atoms with Gasteiger partial charge in [-0.25, -0.2) is 0 Å². The van der Waals surface area contributed by atoms with E-state index in [1.165, 1.54) is 21.3 Å². The highest BCUT2D eigenvalue weighted by molar-refractivity contribution is 6.60. The Hall–Kier alpha value is -0.103. The molecule has 0 amide bonds. The number of rotatable bonds is 14. The molecule has 1 fully saturated rings. The molecule has 8 nitrogen and oxygen atoms in total. The molecule has 1 saturated heterocycles. The lowest BCUT2D eigenvalue weighted by Crippen LogP contribution is -2.55. The standard InChI is InChI=1S/C13H28O8Si/c1-6-20-22(17-5,21-13(14-2,15-3)16-4)9-7-8-18-10-12-11-19-12/h12H,6-11H2,1-5H3. The summed E-state index contributed by atoms with van der Waals surface area (Å²) >= 11 is 0. The van der Waals surface area contributed by atoms with Crippen molar-refractivity contribution in [2.75, 3.05) is 54.9 Å². The van der Waals surface area contributed by atoms with Gasteiger partial charge in [-0.05, 0) is 13.3 Å². The molecule has 1 aliphatic heterocycles. The molecule has 0 aromatic rings. The Labute approximate surface area is 133 Å². The van der Waals surface area contributed by atoms with Gasteiger partial charge in [-0.2, -0.15) is 0 Å². The summed E-state index contributed by atoms with van der Waals surface area (Å²) in [5, 5.41) is 0. The van der Waals surface area contributed by atoms with Crippen LogP contribution in [0.5, 0.6) is 0 Å². The minimum atomic E-state index is -3.02. The van der Waals surface area contributed by atoms with Crippen LogP contribution in [0.1, 0.15) is 13.3 Å². The fraction of sp³-hybridized carbons (Fsp3) is 1.00. The molecule has 0 saturated carbocycles. The topological polar surface area (TPSA) is 77.1 Å². The molecular weight excluding hydrogens is 312 g/mol. The van der Waals surface area contributed by atoms with Crippen LogP contribution in [0.3, 0.4) is 0 Å². The van der Waals surface area contributed by atoms with E-state index in [0.717, 1.165) is 13.0 Å². The van der Waals surface area contributed by atoms with E-state index in [1.807, 2.05) is 6.92 Å². The maximum absolute atomic E-state index is 5.85. The van der Waals surface area contributed by atoms with Crippen LogP contribution < -0.4 is 0 Å². The highest BCUT2D eigenvalue weighted by Gasteiger charge is 2.49. The molecule has 2 atom stereocenters. The van der Waals surface area contributed by atoms with Gasteiger partial charge >= 0.3 is 15.0 Å². The molecule has 1 rings (SSSR count). The fourth-order valence-corrected chi connectivity index (χ4v) is 4.27. The van der Waals surface area contributed by atoms with Crippen LogP contribution in [-0.2, 0) is 37.0 Å². The summed E-state index contributed by atoms with van der Waals surface area (Å²) in [6, 6.07) is 0.556. The van der Waals surface area contributed by atoms with Gasteiger partial charge in [0.25, 0.3) is 0 Å². The molecular formula is C13H28O8Si. The van der Waals surface area contributed by atoms with Crippen molar-refractivity contribution < 1.29 is 37.0 Å². The lowest BCUT2D eigenvalue weighted by molar-refractivity contribution is -0.460. The van der Waals surface area contributed by atoms with Crippen LogP contribution in [0.2, 0.25) is 6.04 Å². The molecule has 9 heteroatoms. The van der Waals surface area contributed by atoms with Crippen LogP contribution in [0.4, 0.5) is 0 Å². The van der Waals surface area contributed by atoms with E-state index in [1.54, 1.807) is 7.11 Å². The molecule has 2 unspecified atom stereocenters. The van der Waals surface area contributed by atoms with Gasteiger partial charge in [-0.15, -0.1) is 0 Å². The van der Waals surface area contributed by atoms with Crippen LogP contribution in [0, 0.1) is 0 Å². The maximum atomic E-state index is 5.85. The van der Waals surface area contributed by atoms with Gasteiger partial charge < -0.3 is 32.5 Å². The van der Waals surface area contributed by atoms with E-state index in [2.05, 4.69) is 0 Å². The molecule has 0 aromatic heterocycles. The van der Waals surface area contributed by atoms with Crippen molar-refractivity contribution in [3.63, 3.8) is 0 Å². The molecule has 0 radical (unpaired) electrons. The second-order valence-corrected chi connectivity index (χ2v) is 7.44. The molecule has 1 aliphatic rings. The molecule has 0 aliphatic carbocycles. The smallest absolute Gasteiger partial charge is 0.379 e. The number of epoxide rings is 1. The summed E-state index contributed by atoms with van der Waals surface area (Å²) in [4.78, 5) is 0. The number of ether oxygens (including phenoxy) is 5. The minimum Gasteiger partial charge on any atom is -0.379 e. The van der Waals surface area contributed by atoms with Crippen LogP contribution in [-0.4, -0.2) is 75.9 Å². The van der Waals surface area contributed by atoms with Crippen LogP contribution >= 0.6 is 0 Å². The zero-order valence-electron chi connectivity index (χ0n) is 14.1. The van der Waals surface area contributed by atoms with Crippen molar-refractivity contribution in [3.8, 4) is 0 Å². The van der Waals surface area contributed by atoms with Gasteiger partial charge in [0.05, 0.1) is 13.2 Å². The first-order valence-electron chi connectivity index (χ1n) is 7.33. The normalized spacial score (nSPS) is 20.9. The van der Waals surface area contributed by atoms with Gasteiger partial charge in [0.1, 0.15) is 6.10 Å². The maximum Gasteiger partial charge on any atom is 0.506 e. The monoisotopic (exact) mass is 340 g/mol. The second kappa shape index (κ2) is 9.91. The number of hydrogen-bond acceptors (Lipinski definition) is 8. The number of hydrogen-bond donors (Lipinski definition) is 0. The fourth-order valence-electron chi connectivity index (χ4n) is 1.91. The average Bonchev–Trinajstić information content (AvgIpc) is 3.36. The Balaban J connectivity index is 2.53. The van der Waals surface area contributed by atoms with Crippen molar-refractivity contribution in [1.29, 1.82) is 0 Å². The first-order chi connectivity index (χ1) is 10.6. The molecule has 22 heavy (non-hydrogen) atoms. The Bertz CT molecular complexity index is 290. The van der Waals surface area contributed by atoms with E-state index < -0.39 is 15.0 Å². The summed E-state index contributed by atoms with van der Waals surface area (Å²) in [7, 11) is 2.80. The van der Waals surface area contributed by atoms with E-state index in [9.17, 15) is 0 Å². The first-order valence-corrected chi connectivity index (χ1v) is 9.26. The van der Waals surface area contributed by atoms with Crippen molar-refractivity contribution >= 4 is 8.80 Å². The third kappa shape index (κ3) is 6.18. The molecule has 132 valence electrons. The molecule has 0 aromatic carbocycles. The number of methoxy groups -OCH3 is 3. The summed E-state index contributed by atoms with van der Waals surface area (Å²) in [5.74, 6) is 0. The SMILES string of the molecule is CCO[Si](CCCOCC1CO1)(OC)OC(OC)(OC)OC. The second-order valence-electron chi connectivity index (χ2n) is 4.67. The predicted octanol–water partition coefficient (Wildman–Crippen LogP) is 0.981. The Kier molecular flexibility index (Phi) is 8.98. The lowest BCUT2D eigenvalue weighted by Gasteiger charge is -2.36. The molecule has 0 N–H and O–H groups in total.